The first kappa shape index (κ1) is 16.2. The summed E-state index contributed by atoms with van der Waals surface area (Å²) >= 11 is 0. The monoisotopic (exact) mass is 280 g/mol. The van der Waals surface area contributed by atoms with Crippen molar-refractivity contribution in [1.82, 2.24) is 0 Å². The van der Waals surface area contributed by atoms with Crippen LogP contribution in [0.5, 0.6) is 0 Å². The van der Waals surface area contributed by atoms with Crippen molar-refractivity contribution in [3.05, 3.63) is 35.9 Å². The van der Waals surface area contributed by atoms with Crippen LogP contribution in [0.3, 0.4) is 0 Å². The maximum atomic E-state index is 11.8. The van der Waals surface area contributed by atoms with E-state index in [4.69, 9.17) is 9.47 Å². The second-order valence-corrected chi connectivity index (χ2v) is 4.24. The summed E-state index contributed by atoms with van der Waals surface area (Å²) in [4.78, 5) is 23.6. The molecule has 0 aliphatic carbocycles. The van der Waals surface area contributed by atoms with Crippen LogP contribution < -0.4 is 0 Å². The highest BCUT2D eigenvalue weighted by Gasteiger charge is 2.36. The minimum atomic E-state index is -1.31. The first-order valence-corrected chi connectivity index (χ1v) is 6.65. The van der Waals surface area contributed by atoms with Crippen molar-refractivity contribution in [1.29, 1.82) is 0 Å². The topological polar surface area (TPSA) is 72.8 Å². The Morgan fingerprint density at radius 3 is 2.00 bits per heavy atom. The summed E-state index contributed by atoms with van der Waals surface area (Å²) in [6.45, 7) is 3.58. The summed E-state index contributed by atoms with van der Waals surface area (Å²) < 4.78 is 9.66. The standard InChI is InChI=1S/C15H20O5/c1-3-19-14(17)13(15(18)20-4-2)12(16)10-11-8-6-5-7-9-11/h5-9,12-13,16H,3-4,10H2,1-2H3. The summed E-state index contributed by atoms with van der Waals surface area (Å²) in [6, 6.07) is 9.13. The van der Waals surface area contributed by atoms with Crippen molar-refractivity contribution < 1.29 is 24.2 Å². The molecule has 0 heterocycles. The van der Waals surface area contributed by atoms with E-state index in [0.29, 0.717) is 0 Å². The van der Waals surface area contributed by atoms with Gasteiger partial charge in [0.25, 0.3) is 0 Å². The second-order valence-electron chi connectivity index (χ2n) is 4.24. The summed E-state index contributed by atoms with van der Waals surface area (Å²) in [5.74, 6) is -2.82. The molecule has 0 aliphatic heterocycles. The van der Waals surface area contributed by atoms with Crippen molar-refractivity contribution in [2.45, 2.75) is 26.4 Å². The van der Waals surface area contributed by atoms with Gasteiger partial charge >= 0.3 is 11.9 Å². The molecule has 0 bridgehead atoms. The number of benzene rings is 1. The Bertz CT molecular complexity index is 411. The molecule has 20 heavy (non-hydrogen) atoms. The molecular weight excluding hydrogens is 260 g/mol. The Morgan fingerprint density at radius 2 is 1.55 bits per heavy atom. The quantitative estimate of drug-likeness (QED) is 0.602. The summed E-state index contributed by atoms with van der Waals surface area (Å²) in [5.41, 5.74) is 0.832. The highest BCUT2D eigenvalue weighted by Crippen LogP contribution is 2.15. The van der Waals surface area contributed by atoms with E-state index in [9.17, 15) is 14.7 Å². The van der Waals surface area contributed by atoms with Gasteiger partial charge in [-0.1, -0.05) is 30.3 Å². The zero-order chi connectivity index (χ0) is 15.0. The van der Waals surface area contributed by atoms with E-state index >= 15 is 0 Å². The van der Waals surface area contributed by atoms with Gasteiger partial charge in [-0.15, -0.1) is 0 Å². The second kappa shape index (κ2) is 8.32. The van der Waals surface area contributed by atoms with Crippen LogP contribution in [-0.2, 0) is 25.5 Å². The van der Waals surface area contributed by atoms with Gasteiger partial charge in [-0.2, -0.15) is 0 Å². The SMILES string of the molecule is CCOC(=O)C(C(=O)OCC)C(O)Cc1ccccc1. The van der Waals surface area contributed by atoms with E-state index in [1.165, 1.54) is 0 Å². The van der Waals surface area contributed by atoms with Gasteiger partial charge < -0.3 is 14.6 Å². The van der Waals surface area contributed by atoms with Crippen LogP contribution in [0, 0.1) is 5.92 Å². The van der Waals surface area contributed by atoms with E-state index in [1.54, 1.807) is 13.8 Å². The Balaban J connectivity index is 2.80. The first-order valence-electron chi connectivity index (χ1n) is 6.65. The molecule has 1 N–H and O–H groups in total. The van der Waals surface area contributed by atoms with Crippen molar-refractivity contribution in [2.75, 3.05) is 13.2 Å². The van der Waals surface area contributed by atoms with Crippen LogP contribution in [0.4, 0.5) is 0 Å². The van der Waals surface area contributed by atoms with E-state index in [1.807, 2.05) is 30.3 Å². The van der Waals surface area contributed by atoms with Gasteiger partial charge in [0.05, 0.1) is 19.3 Å². The van der Waals surface area contributed by atoms with Crippen molar-refractivity contribution in [3.8, 4) is 0 Å². The zero-order valence-corrected chi connectivity index (χ0v) is 11.7. The predicted molar refractivity (Wildman–Crippen MR) is 72.9 cm³/mol. The molecule has 5 nitrogen and oxygen atoms in total. The summed E-state index contributed by atoms with van der Waals surface area (Å²) in [6.07, 6.45) is -0.987. The maximum Gasteiger partial charge on any atom is 0.323 e. The van der Waals surface area contributed by atoms with E-state index < -0.39 is 24.0 Å². The van der Waals surface area contributed by atoms with Crippen molar-refractivity contribution in [2.24, 2.45) is 5.92 Å². The molecule has 5 heteroatoms. The Hall–Kier alpha value is -1.88. The largest absolute Gasteiger partial charge is 0.465 e. The van der Waals surface area contributed by atoms with Crippen LogP contribution in [0.1, 0.15) is 19.4 Å². The molecule has 0 saturated heterocycles. The lowest BCUT2D eigenvalue weighted by Gasteiger charge is -2.19. The Morgan fingerprint density at radius 1 is 1.05 bits per heavy atom. The molecule has 110 valence electrons. The molecule has 0 spiro atoms. The zero-order valence-electron chi connectivity index (χ0n) is 11.7. The molecule has 1 atom stereocenters. The van der Waals surface area contributed by atoms with E-state index in [2.05, 4.69) is 0 Å². The van der Waals surface area contributed by atoms with E-state index in [-0.39, 0.29) is 19.6 Å². The fourth-order valence-corrected chi connectivity index (χ4v) is 1.85. The summed E-state index contributed by atoms with van der Waals surface area (Å²) in [7, 11) is 0. The van der Waals surface area contributed by atoms with Gasteiger partial charge in [0, 0.05) is 0 Å². The highest BCUT2D eigenvalue weighted by atomic mass is 16.6. The number of carbonyl (C=O) groups excluding carboxylic acids is 2. The molecule has 0 aromatic heterocycles. The first-order chi connectivity index (χ1) is 9.60. The van der Waals surface area contributed by atoms with Crippen molar-refractivity contribution in [3.63, 3.8) is 0 Å². The highest BCUT2D eigenvalue weighted by molar-refractivity contribution is 5.95. The number of carbonyl (C=O) groups is 2. The van der Waals surface area contributed by atoms with Gasteiger partial charge in [-0.3, -0.25) is 9.59 Å². The molecule has 0 amide bonds. The third-order valence-electron chi connectivity index (χ3n) is 2.75. The van der Waals surface area contributed by atoms with E-state index in [0.717, 1.165) is 5.56 Å². The average molecular weight is 280 g/mol. The molecule has 0 saturated carbocycles. The molecule has 0 radical (unpaired) electrons. The maximum absolute atomic E-state index is 11.8. The molecule has 1 aromatic carbocycles. The minimum absolute atomic E-state index is 0.146. The molecular formula is C15H20O5. The predicted octanol–water partition coefficient (Wildman–Crippen LogP) is 1.33. The van der Waals surface area contributed by atoms with Gasteiger partial charge in [0.2, 0.25) is 0 Å². The smallest absolute Gasteiger partial charge is 0.323 e. The summed E-state index contributed by atoms with van der Waals surface area (Å²) in [5, 5.41) is 10.2. The number of rotatable bonds is 7. The fraction of sp³-hybridized carbons (Fsp3) is 0.467. The minimum Gasteiger partial charge on any atom is -0.465 e. The number of aliphatic hydroxyl groups excluding tert-OH is 1. The van der Waals surface area contributed by atoms with Gasteiger partial charge in [-0.25, -0.2) is 0 Å². The van der Waals surface area contributed by atoms with Crippen LogP contribution in [-0.4, -0.2) is 36.4 Å². The molecule has 1 aromatic rings. The third kappa shape index (κ3) is 4.66. The number of hydrogen-bond donors (Lipinski definition) is 1. The molecule has 0 fully saturated rings. The third-order valence-corrected chi connectivity index (χ3v) is 2.75. The number of hydrogen-bond acceptors (Lipinski definition) is 5. The van der Waals surface area contributed by atoms with Gasteiger partial charge in [-0.05, 0) is 25.8 Å². The van der Waals surface area contributed by atoms with Crippen LogP contribution in [0.2, 0.25) is 0 Å². The van der Waals surface area contributed by atoms with Crippen LogP contribution >= 0.6 is 0 Å². The lowest BCUT2D eigenvalue weighted by atomic mass is 9.96. The fourth-order valence-electron chi connectivity index (χ4n) is 1.85. The normalized spacial score (nSPS) is 12.0. The molecule has 1 rings (SSSR count). The average Bonchev–Trinajstić information content (AvgIpc) is 2.40. The van der Waals surface area contributed by atoms with Gasteiger partial charge in [0.1, 0.15) is 0 Å². The number of esters is 2. The van der Waals surface area contributed by atoms with Crippen LogP contribution in [0.25, 0.3) is 0 Å². The number of ether oxygens (including phenoxy) is 2. The lowest BCUT2D eigenvalue weighted by molar-refractivity contribution is -0.166. The Kier molecular flexibility index (Phi) is 6.73. The molecule has 1 unspecified atom stereocenters. The molecule has 0 aliphatic rings. The van der Waals surface area contributed by atoms with Crippen molar-refractivity contribution >= 4 is 11.9 Å². The lowest BCUT2D eigenvalue weighted by Crippen LogP contribution is -2.39. The Labute approximate surface area is 118 Å². The van der Waals surface area contributed by atoms with Gasteiger partial charge in [0.15, 0.2) is 5.92 Å². The number of aliphatic hydroxyl groups is 1. The van der Waals surface area contributed by atoms with Crippen LogP contribution in [0.15, 0.2) is 30.3 Å².